The number of carbonyl (C=O) groups excluding carboxylic acids is 2. The van der Waals surface area contributed by atoms with Gasteiger partial charge in [0, 0.05) is 24.6 Å². The van der Waals surface area contributed by atoms with Gasteiger partial charge < -0.3 is 10.6 Å². The van der Waals surface area contributed by atoms with E-state index in [-0.39, 0.29) is 36.9 Å². The Morgan fingerprint density at radius 2 is 1.77 bits per heavy atom. The van der Waals surface area contributed by atoms with Gasteiger partial charge in [0.05, 0.1) is 16.0 Å². The molecule has 144 valence electrons. The molecule has 1 aliphatic rings. The minimum Gasteiger partial charge on any atom is -0.354 e. The molecule has 0 spiro atoms. The van der Waals surface area contributed by atoms with Crippen LogP contribution in [0.1, 0.15) is 36.0 Å². The molecular weight excluding hydrogens is 392 g/mol. The highest BCUT2D eigenvalue weighted by Crippen LogP contribution is 2.39. The molecule has 2 atom stereocenters. The monoisotopic (exact) mass is 410 g/mol. The maximum Gasteiger partial charge on any atom is 0.391 e. The number of nitrogens with one attached hydrogen (secondary N) is 2. The lowest BCUT2D eigenvalue weighted by molar-refractivity contribution is -0.186. The summed E-state index contributed by atoms with van der Waals surface area (Å²) in [6, 6.07) is 4.44. The number of benzene rings is 1. The van der Waals surface area contributed by atoms with Gasteiger partial charge in [-0.2, -0.15) is 13.2 Å². The third-order valence-corrected chi connectivity index (χ3v) is 5.14. The van der Waals surface area contributed by atoms with Gasteiger partial charge in [-0.25, -0.2) is 0 Å². The fourth-order valence-corrected chi connectivity index (χ4v) is 3.27. The lowest BCUT2D eigenvalue weighted by atomic mass is 9.80. The Morgan fingerprint density at radius 1 is 1.08 bits per heavy atom. The van der Waals surface area contributed by atoms with Crippen LogP contribution in [0.15, 0.2) is 18.2 Å². The Morgan fingerprint density at radius 3 is 2.42 bits per heavy atom. The van der Waals surface area contributed by atoms with E-state index >= 15 is 0 Å². The second kappa shape index (κ2) is 8.95. The highest BCUT2D eigenvalue weighted by molar-refractivity contribution is 6.42. The number of hydrogen-bond donors (Lipinski definition) is 2. The molecule has 1 saturated carbocycles. The third-order valence-electron chi connectivity index (χ3n) is 4.40. The topological polar surface area (TPSA) is 58.2 Å². The van der Waals surface area contributed by atoms with E-state index < -0.39 is 23.9 Å². The van der Waals surface area contributed by atoms with Crippen molar-refractivity contribution < 1.29 is 22.8 Å². The highest BCUT2D eigenvalue weighted by Gasteiger charge is 2.43. The normalized spacial score (nSPS) is 20.5. The van der Waals surface area contributed by atoms with Crippen LogP contribution < -0.4 is 10.6 Å². The van der Waals surface area contributed by atoms with Gasteiger partial charge in [-0.1, -0.05) is 29.6 Å². The second-order valence-corrected chi connectivity index (χ2v) is 7.09. The first kappa shape index (κ1) is 20.8. The molecule has 0 aliphatic heterocycles. The number of amides is 2. The minimum absolute atomic E-state index is 0.0764. The van der Waals surface area contributed by atoms with Crippen LogP contribution in [-0.2, 0) is 4.79 Å². The molecule has 2 rings (SSSR count). The largest absolute Gasteiger partial charge is 0.391 e. The molecule has 0 saturated heterocycles. The van der Waals surface area contributed by atoms with Crippen LogP contribution in [-0.4, -0.2) is 31.1 Å². The summed E-state index contributed by atoms with van der Waals surface area (Å²) in [5.74, 6) is -2.84. The van der Waals surface area contributed by atoms with Gasteiger partial charge in [-0.05, 0) is 37.5 Å². The van der Waals surface area contributed by atoms with Gasteiger partial charge in [0.1, 0.15) is 0 Å². The SMILES string of the molecule is O=C(NCCNC(=O)C1CCCC(C(F)(F)F)C1)c1ccc(Cl)c(Cl)c1. The predicted molar refractivity (Wildman–Crippen MR) is 93.3 cm³/mol. The lowest BCUT2D eigenvalue weighted by Crippen LogP contribution is -2.40. The van der Waals surface area contributed by atoms with Gasteiger partial charge in [0.25, 0.3) is 5.91 Å². The van der Waals surface area contributed by atoms with Crippen molar-refractivity contribution in [1.29, 1.82) is 0 Å². The molecule has 0 bridgehead atoms. The number of rotatable bonds is 5. The molecule has 0 radical (unpaired) electrons. The Kier molecular flexibility index (Phi) is 7.17. The molecular formula is C17H19Cl2F3N2O2. The summed E-state index contributed by atoms with van der Waals surface area (Å²) < 4.78 is 38.4. The number of carbonyl (C=O) groups is 2. The van der Waals surface area contributed by atoms with Crippen LogP contribution in [0.5, 0.6) is 0 Å². The van der Waals surface area contributed by atoms with Gasteiger partial charge in [-0.15, -0.1) is 0 Å². The second-order valence-electron chi connectivity index (χ2n) is 6.28. The van der Waals surface area contributed by atoms with Crippen LogP contribution in [0.3, 0.4) is 0 Å². The standard InChI is InChI=1S/C17H19Cl2F3N2O2/c18-13-5-4-11(9-14(13)19)16(26)24-7-6-23-15(25)10-2-1-3-12(8-10)17(20,21)22/h4-5,9-10,12H,1-3,6-8H2,(H,23,25)(H,24,26). The summed E-state index contributed by atoms with van der Waals surface area (Å²) in [7, 11) is 0. The van der Waals surface area contributed by atoms with E-state index in [2.05, 4.69) is 10.6 Å². The minimum atomic E-state index is -4.26. The van der Waals surface area contributed by atoms with E-state index in [1.807, 2.05) is 0 Å². The Balaban J connectivity index is 1.74. The summed E-state index contributed by atoms with van der Waals surface area (Å²) in [5, 5.41) is 5.77. The predicted octanol–water partition coefficient (Wildman–Crippen LogP) is 4.21. The molecule has 1 aliphatic carbocycles. The summed E-state index contributed by atoms with van der Waals surface area (Å²) in [6.07, 6.45) is -3.52. The van der Waals surface area contributed by atoms with Gasteiger partial charge in [0.15, 0.2) is 0 Å². The van der Waals surface area contributed by atoms with Crippen molar-refractivity contribution >= 4 is 35.0 Å². The zero-order chi connectivity index (χ0) is 19.3. The van der Waals surface area contributed by atoms with E-state index in [1.54, 1.807) is 0 Å². The zero-order valence-electron chi connectivity index (χ0n) is 13.8. The van der Waals surface area contributed by atoms with Crippen LogP contribution in [0.25, 0.3) is 0 Å². The molecule has 2 amide bonds. The van der Waals surface area contributed by atoms with Crippen molar-refractivity contribution in [2.45, 2.75) is 31.9 Å². The first-order valence-corrected chi connectivity index (χ1v) is 9.01. The van der Waals surface area contributed by atoms with Crippen LogP contribution in [0, 0.1) is 11.8 Å². The van der Waals surface area contributed by atoms with E-state index in [4.69, 9.17) is 23.2 Å². The highest BCUT2D eigenvalue weighted by atomic mass is 35.5. The van der Waals surface area contributed by atoms with Gasteiger partial charge >= 0.3 is 6.18 Å². The molecule has 1 aromatic rings. The van der Waals surface area contributed by atoms with Crippen LogP contribution in [0.2, 0.25) is 10.0 Å². The van der Waals surface area contributed by atoms with Crippen molar-refractivity contribution in [3.63, 3.8) is 0 Å². The first-order chi connectivity index (χ1) is 12.2. The van der Waals surface area contributed by atoms with E-state index in [9.17, 15) is 22.8 Å². The maximum atomic E-state index is 12.8. The van der Waals surface area contributed by atoms with Crippen LogP contribution in [0.4, 0.5) is 13.2 Å². The molecule has 0 heterocycles. The molecule has 4 nitrogen and oxygen atoms in total. The number of alkyl halides is 3. The zero-order valence-corrected chi connectivity index (χ0v) is 15.3. The Hall–Kier alpha value is -1.47. The average molecular weight is 411 g/mol. The average Bonchev–Trinajstić information content (AvgIpc) is 2.60. The third kappa shape index (κ3) is 5.77. The van der Waals surface area contributed by atoms with Crippen molar-refractivity contribution in [1.82, 2.24) is 10.6 Å². The van der Waals surface area contributed by atoms with Crippen molar-refractivity contribution in [2.24, 2.45) is 11.8 Å². The summed E-state index contributed by atoms with van der Waals surface area (Å²) in [6.45, 7) is 0.291. The van der Waals surface area contributed by atoms with E-state index in [0.29, 0.717) is 23.4 Å². The molecule has 9 heteroatoms. The molecule has 1 aromatic carbocycles. The Labute approximate surface area is 159 Å². The summed E-state index contributed by atoms with van der Waals surface area (Å²) in [5.41, 5.74) is 0.325. The number of hydrogen-bond acceptors (Lipinski definition) is 2. The fraction of sp³-hybridized carbons (Fsp3) is 0.529. The van der Waals surface area contributed by atoms with Gasteiger partial charge in [0.2, 0.25) is 5.91 Å². The maximum absolute atomic E-state index is 12.8. The van der Waals surface area contributed by atoms with Gasteiger partial charge in [-0.3, -0.25) is 9.59 Å². The fourth-order valence-electron chi connectivity index (χ4n) is 2.97. The smallest absolute Gasteiger partial charge is 0.354 e. The van der Waals surface area contributed by atoms with Crippen LogP contribution >= 0.6 is 23.2 Å². The summed E-state index contributed by atoms with van der Waals surface area (Å²) >= 11 is 11.6. The molecule has 2 N–H and O–H groups in total. The lowest BCUT2D eigenvalue weighted by Gasteiger charge is -2.29. The molecule has 1 fully saturated rings. The summed E-state index contributed by atoms with van der Waals surface area (Å²) in [4.78, 5) is 24.0. The first-order valence-electron chi connectivity index (χ1n) is 8.26. The molecule has 2 unspecified atom stereocenters. The van der Waals surface area contributed by atoms with Crippen molar-refractivity contribution in [3.05, 3.63) is 33.8 Å². The van der Waals surface area contributed by atoms with E-state index in [0.717, 1.165) is 0 Å². The molecule has 26 heavy (non-hydrogen) atoms. The van der Waals surface area contributed by atoms with Crippen molar-refractivity contribution in [3.8, 4) is 0 Å². The Bertz CT molecular complexity index is 668. The van der Waals surface area contributed by atoms with Crippen molar-refractivity contribution in [2.75, 3.05) is 13.1 Å². The molecule has 0 aromatic heterocycles. The quantitative estimate of drug-likeness (QED) is 0.714. The van der Waals surface area contributed by atoms with E-state index in [1.165, 1.54) is 18.2 Å². The number of halogens is 5.